The molecule has 0 saturated heterocycles. The maximum absolute atomic E-state index is 12.6. The number of rotatable bonds is 2. The highest BCUT2D eigenvalue weighted by Crippen LogP contribution is 2.24. The Kier molecular flexibility index (Phi) is 3.35. The SMILES string of the molecule is CN1C(=O)CN(Cc2ncccn2)C(=O)c2ccccc21. The molecule has 0 saturated carbocycles. The molecule has 6 heteroatoms. The summed E-state index contributed by atoms with van der Waals surface area (Å²) in [7, 11) is 1.68. The first kappa shape index (κ1) is 13.2. The molecule has 2 aromatic rings. The van der Waals surface area contributed by atoms with Crippen molar-refractivity contribution in [1.29, 1.82) is 0 Å². The molecule has 0 bridgehead atoms. The van der Waals surface area contributed by atoms with Gasteiger partial charge in [-0.3, -0.25) is 9.59 Å². The van der Waals surface area contributed by atoms with Gasteiger partial charge in [0.2, 0.25) is 5.91 Å². The predicted molar refractivity (Wildman–Crippen MR) is 76.6 cm³/mol. The van der Waals surface area contributed by atoms with Crippen LogP contribution in [-0.4, -0.2) is 40.3 Å². The maximum Gasteiger partial charge on any atom is 0.256 e. The largest absolute Gasteiger partial charge is 0.322 e. The van der Waals surface area contributed by atoms with E-state index < -0.39 is 0 Å². The van der Waals surface area contributed by atoms with Gasteiger partial charge in [-0.2, -0.15) is 0 Å². The van der Waals surface area contributed by atoms with Crippen molar-refractivity contribution >= 4 is 17.5 Å². The fourth-order valence-electron chi connectivity index (χ4n) is 2.30. The minimum absolute atomic E-state index is 0.0161. The predicted octanol–water partition coefficient (Wildman–Crippen LogP) is 1.10. The van der Waals surface area contributed by atoms with Crippen LogP contribution >= 0.6 is 0 Å². The molecule has 1 aliphatic heterocycles. The number of anilines is 1. The number of carbonyl (C=O) groups is 2. The number of nitrogens with zero attached hydrogens (tertiary/aromatic N) is 4. The van der Waals surface area contributed by atoms with Crippen molar-refractivity contribution in [3.63, 3.8) is 0 Å². The molecule has 0 spiro atoms. The summed E-state index contributed by atoms with van der Waals surface area (Å²) in [5.74, 6) is 0.195. The number of fused-ring (bicyclic) bond motifs is 1. The number of hydrogen-bond acceptors (Lipinski definition) is 4. The summed E-state index contributed by atoms with van der Waals surface area (Å²) < 4.78 is 0. The third kappa shape index (κ3) is 2.47. The summed E-state index contributed by atoms with van der Waals surface area (Å²) in [4.78, 5) is 36.0. The van der Waals surface area contributed by atoms with E-state index in [1.165, 1.54) is 9.80 Å². The van der Waals surface area contributed by atoms with Gasteiger partial charge in [0.1, 0.15) is 12.4 Å². The molecule has 0 aliphatic carbocycles. The molecular weight excluding hydrogens is 268 g/mol. The Morgan fingerprint density at radius 3 is 2.57 bits per heavy atom. The molecule has 2 heterocycles. The van der Waals surface area contributed by atoms with Crippen molar-refractivity contribution in [3.05, 3.63) is 54.1 Å². The molecule has 1 aromatic heterocycles. The Morgan fingerprint density at radius 1 is 1.10 bits per heavy atom. The third-order valence-corrected chi connectivity index (χ3v) is 3.43. The average molecular weight is 282 g/mol. The van der Waals surface area contributed by atoms with Crippen LogP contribution in [0.5, 0.6) is 0 Å². The molecule has 0 atom stereocenters. The van der Waals surface area contributed by atoms with Crippen LogP contribution in [0.25, 0.3) is 0 Å². The van der Waals surface area contributed by atoms with Gasteiger partial charge in [-0.1, -0.05) is 12.1 Å². The standard InChI is InChI=1S/C15H14N4O2/c1-18-12-6-3-2-5-11(12)15(21)19(10-14(18)20)9-13-16-7-4-8-17-13/h2-8H,9-10H2,1H3. The van der Waals surface area contributed by atoms with Crippen LogP contribution in [-0.2, 0) is 11.3 Å². The van der Waals surface area contributed by atoms with Gasteiger partial charge in [0.15, 0.2) is 0 Å². The van der Waals surface area contributed by atoms with Crippen molar-refractivity contribution in [2.24, 2.45) is 0 Å². The zero-order valence-corrected chi connectivity index (χ0v) is 11.6. The fraction of sp³-hybridized carbons (Fsp3) is 0.200. The van der Waals surface area contributed by atoms with Crippen molar-refractivity contribution in [2.45, 2.75) is 6.54 Å². The van der Waals surface area contributed by atoms with Gasteiger partial charge >= 0.3 is 0 Å². The lowest BCUT2D eigenvalue weighted by atomic mass is 10.1. The summed E-state index contributed by atoms with van der Waals surface area (Å²) in [6, 6.07) is 8.81. The second kappa shape index (κ2) is 5.32. The molecule has 6 nitrogen and oxygen atoms in total. The Morgan fingerprint density at radius 2 is 1.81 bits per heavy atom. The van der Waals surface area contributed by atoms with Gasteiger partial charge in [0, 0.05) is 19.4 Å². The molecule has 0 radical (unpaired) electrons. The van der Waals surface area contributed by atoms with Gasteiger partial charge in [0.25, 0.3) is 5.91 Å². The van der Waals surface area contributed by atoms with E-state index in [0.717, 1.165) is 0 Å². The van der Waals surface area contributed by atoms with Gasteiger partial charge < -0.3 is 9.80 Å². The topological polar surface area (TPSA) is 66.4 Å². The molecular formula is C15H14N4O2. The highest BCUT2D eigenvalue weighted by molar-refractivity contribution is 6.09. The van der Waals surface area contributed by atoms with Gasteiger partial charge in [-0.05, 0) is 18.2 Å². The van der Waals surface area contributed by atoms with E-state index in [1.54, 1.807) is 43.7 Å². The highest BCUT2D eigenvalue weighted by atomic mass is 16.2. The van der Waals surface area contributed by atoms with Crippen LogP contribution in [0.15, 0.2) is 42.7 Å². The van der Waals surface area contributed by atoms with E-state index in [0.29, 0.717) is 17.1 Å². The number of hydrogen-bond donors (Lipinski definition) is 0. The van der Waals surface area contributed by atoms with Crippen molar-refractivity contribution < 1.29 is 9.59 Å². The zero-order chi connectivity index (χ0) is 14.8. The van der Waals surface area contributed by atoms with Gasteiger partial charge in [-0.25, -0.2) is 9.97 Å². The second-order valence-corrected chi connectivity index (χ2v) is 4.80. The van der Waals surface area contributed by atoms with Crippen molar-refractivity contribution in [1.82, 2.24) is 14.9 Å². The lowest BCUT2D eigenvalue weighted by molar-refractivity contribution is -0.119. The number of para-hydroxylation sites is 1. The minimum Gasteiger partial charge on any atom is -0.322 e. The van der Waals surface area contributed by atoms with E-state index in [4.69, 9.17) is 0 Å². The lowest BCUT2D eigenvalue weighted by Gasteiger charge is -2.19. The number of benzene rings is 1. The Balaban J connectivity index is 1.97. The Hall–Kier alpha value is -2.76. The summed E-state index contributed by atoms with van der Waals surface area (Å²) in [5, 5.41) is 0. The third-order valence-electron chi connectivity index (χ3n) is 3.43. The summed E-state index contributed by atoms with van der Waals surface area (Å²) >= 11 is 0. The number of aromatic nitrogens is 2. The summed E-state index contributed by atoms with van der Waals surface area (Å²) in [6.45, 7) is 0.232. The quantitative estimate of drug-likeness (QED) is 0.827. The molecule has 1 aliphatic rings. The molecule has 106 valence electrons. The molecule has 1 aromatic carbocycles. The second-order valence-electron chi connectivity index (χ2n) is 4.80. The van der Waals surface area contributed by atoms with Gasteiger partial charge in [0.05, 0.1) is 17.8 Å². The first-order chi connectivity index (χ1) is 10.2. The number of likely N-dealkylation sites (N-methyl/N-ethyl adjacent to an activating group) is 1. The molecule has 0 unspecified atom stereocenters. The molecule has 2 amide bonds. The normalized spacial score (nSPS) is 14.9. The van der Waals surface area contributed by atoms with Crippen LogP contribution in [0.4, 0.5) is 5.69 Å². The smallest absolute Gasteiger partial charge is 0.256 e. The molecule has 0 N–H and O–H groups in total. The summed E-state index contributed by atoms with van der Waals surface area (Å²) in [5.41, 5.74) is 1.14. The average Bonchev–Trinajstić information content (AvgIpc) is 2.61. The number of carbonyl (C=O) groups excluding carboxylic acids is 2. The van der Waals surface area contributed by atoms with Crippen LogP contribution in [0.3, 0.4) is 0 Å². The highest BCUT2D eigenvalue weighted by Gasteiger charge is 2.29. The van der Waals surface area contributed by atoms with Gasteiger partial charge in [-0.15, -0.1) is 0 Å². The van der Waals surface area contributed by atoms with E-state index in [-0.39, 0.29) is 24.9 Å². The lowest BCUT2D eigenvalue weighted by Crippen LogP contribution is -2.37. The molecule has 0 fully saturated rings. The summed E-state index contributed by atoms with van der Waals surface area (Å²) in [6.07, 6.45) is 3.24. The first-order valence-corrected chi connectivity index (χ1v) is 6.57. The Bertz CT molecular complexity index is 687. The molecule has 3 rings (SSSR count). The van der Waals surface area contributed by atoms with Crippen LogP contribution in [0.1, 0.15) is 16.2 Å². The minimum atomic E-state index is -0.184. The maximum atomic E-state index is 12.6. The van der Waals surface area contributed by atoms with E-state index >= 15 is 0 Å². The van der Waals surface area contributed by atoms with Crippen molar-refractivity contribution in [2.75, 3.05) is 18.5 Å². The monoisotopic (exact) mass is 282 g/mol. The first-order valence-electron chi connectivity index (χ1n) is 6.57. The zero-order valence-electron chi connectivity index (χ0n) is 11.6. The Labute approximate surface area is 122 Å². The fourth-order valence-corrected chi connectivity index (χ4v) is 2.30. The van der Waals surface area contributed by atoms with E-state index in [9.17, 15) is 9.59 Å². The van der Waals surface area contributed by atoms with Crippen LogP contribution in [0.2, 0.25) is 0 Å². The van der Waals surface area contributed by atoms with Crippen molar-refractivity contribution in [3.8, 4) is 0 Å². The molecule has 21 heavy (non-hydrogen) atoms. The van der Waals surface area contributed by atoms with E-state index in [1.807, 2.05) is 6.07 Å². The van der Waals surface area contributed by atoms with E-state index in [2.05, 4.69) is 9.97 Å². The number of amides is 2. The van der Waals surface area contributed by atoms with Crippen LogP contribution < -0.4 is 4.90 Å². The van der Waals surface area contributed by atoms with Crippen LogP contribution in [0, 0.1) is 0 Å².